The van der Waals surface area contributed by atoms with Gasteiger partial charge < -0.3 is 10.2 Å². The first-order valence-corrected chi connectivity index (χ1v) is 4.28. The quantitative estimate of drug-likeness (QED) is 0.559. The molecule has 1 fully saturated rings. The average molecular weight is 148 g/mol. The van der Waals surface area contributed by atoms with Crippen LogP contribution in [0.25, 0.3) is 0 Å². The van der Waals surface area contributed by atoms with Crippen LogP contribution in [0.1, 0.15) is 12.8 Å². The summed E-state index contributed by atoms with van der Waals surface area (Å²) in [5.74, 6) is 0.797. The summed E-state index contributed by atoms with van der Waals surface area (Å²) in [5, 5.41) is 18.1. The summed E-state index contributed by atoms with van der Waals surface area (Å²) in [6.45, 7) is 0.261. The van der Waals surface area contributed by atoms with Gasteiger partial charge in [0.15, 0.2) is 0 Å². The lowest BCUT2D eigenvalue weighted by atomic mass is 10.1. The highest BCUT2D eigenvalue weighted by Crippen LogP contribution is 2.24. The second-order valence-electron chi connectivity index (χ2n) is 2.37. The largest absolute Gasteiger partial charge is 0.395 e. The molecule has 2 N–H and O–H groups in total. The maximum atomic E-state index is 9.02. The van der Waals surface area contributed by atoms with Gasteiger partial charge in [-0.05, 0) is 12.8 Å². The summed E-state index contributed by atoms with van der Waals surface area (Å²) >= 11 is 1.67. The predicted molar refractivity (Wildman–Crippen MR) is 38.6 cm³/mol. The highest BCUT2D eigenvalue weighted by molar-refractivity contribution is 8.00. The summed E-state index contributed by atoms with van der Waals surface area (Å²) in [4.78, 5) is 0. The fourth-order valence-electron chi connectivity index (χ4n) is 0.936. The number of aliphatic hydroxyl groups excluding tert-OH is 2. The van der Waals surface area contributed by atoms with Crippen LogP contribution in [-0.4, -0.2) is 33.9 Å². The van der Waals surface area contributed by atoms with Crippen molar-refractivity contribution < 1.29 is 10.2 Å². The Balaban J connectivity index is 2.18. The van der Waals surface area contributed by atoms with Gasteiger partial charge in [-0.15, -0.1) is 0 Å². The van der Waals surface area contributed by atoms with Crippen molar-refractivity contribution in [2.75, 3.05) is 12.4 Å². The van der Waals surface area contributed by atoms with Crippen LogP contribution in [0.3, 0.4) is 0 Å². The van der Waals surface area contributed by atoms with Crippen LogP contribution in [0.5, 0.6) is 0 Å². The van der Waals surface area contributed by atoms with Crippen LogP contribution in [0.15, 0.2) is 0 Å². The molecular formula is C6H12O2S. The molecule has 2 atom stereocenters. The van der Waals surface area contributed by atoms with Gasteiger partial charge in [0.2, 0.25) is 0 Å². The smallest absolute Gasteiger partial charge is 0.0631 e. The van der Waals surface area contributed by atoms with E-state index in [0.717, 1.165) is 18.6 Å². The molecule has 1 aliphatic heterocycles. The van der Waals surface area contributed by atoms with E-state index in [2.05, 4.69) is 0 Å². The topological polar surface area (TPSA) is 40.5 Å². The zero-order valence-electron chi connectivity index (χ0n) is 5.29. The van der Waals surface area contributed by atoms with Gasteiger partial charge >= 0.3 is 0 Å². The van der Waals surface area contributed by atoms with Gasteiger partial charge in [0.1, 0.15) is 0 Å². The number of aliphatic hydroxyl groups is 2. The zero-order chi connectivity index (χ0) is 6.69. The van der Waals surface area contributed by atoms with Crippen LogP contribution in [0.4, 0.5) is 0 Å². The SMILES string of the molecule is OCC1CCC(O)CS1. The van der Waals surface area contributed by atoms with Crippen LogP contribution in [-0.2, 0) is 0 Å². The molecule has 1 heterocycles. The fraction of sp³-hybridized carbons (Fsp3) is 1.00. The maximum Gasteiger partial charge on any atom is 0.0631 e. The maximum absolute atomic E-state index is 9.02. The van der Waals surface area contributed by atoms with Crippen molar-refractivity contribution in [2.45, 2.75) is 24.2 Å². The summed E-state index contributed by atoms with van der Waals surface area (Å²) in [6.07, 6.45) is 1.69. The summed E-state index contributed by atoms with van der Waals surface area (Å²) < 4.78 is 0. The van der Waals surface area contributed by atoms with E-state index < -0.39 is 0 Å². The molecule has 3 heteroatoms. The number of thioether (sulfide) groups is 1. The normalized spacial score (nSPS) is 36.7. The van der Waals surface area contributed by atoms with Gasteiger partial charge in [0, 0.05) is 11.0 Å². The first-order valence-electron chi connectivity index (χ1n) is 3.23. The Morgan fingerprint density at radius 3 is 2.67 bits per heavy atom. The van der Waals surface area contributed by atoms with Gasteiger partial charge in [-0.2, -0.15) is 11.8 Å². The van der Waals surface area contributed by atoms with E-state index in [0.29, 0.717) is 5.25 Å². The molecule has 1 saturated heterocycles. The van der Waals surface area contributed by atoms with E-state index in [1.54, 1.807) is 11.8 Å². The first-order chi connectivity index (χ1) is 4.33. The second kappa shape index (κ2) is 3.44. The Labute approximate surface area is 59.3 Å². The van der Waals surface area contributed by atoms with Crippen molar-refractivity contribution in [2.24, 2.45) is 0 Å². The Morgan fingerprint density at radius 2 is 2.22 bits per heavy atom. The van der Waals surface area contributed by atoms with E-state index in [1.165, 1.54) is 0 Å². The van der Waals surface area contributed by atoms with Gasteiger partial charge in [-0.3, -0.25) is 0 Å². The summed E-state index contributed by atoms with van der Waals surface area (Å²) in [5.41, 5.74) is 0. The number of hydrogen-bond donors (Lipinski definition) is 2. The lowest BCUT2D eigenvalue weighted by Gasteiger charge is -2.22. The Kier molecular flexibility index (Phi) is 2.82. The van der Waals surface area contributed by atoms with E-state index in [1.807, 2.05) is 0 Å². The van der Waals surface area contributed by atoms with E-state index in [9.17, 15) is 0 Å². The first kappa shape index (κ1) is 7.38. The monoisotopic (exact) mass is 148 g/mol. The molecule has 0 bridgehead atoms. The Bertz CT molecular complexity index is 79.1. The van der Waals surface area contributed by atoms with Crippen molar-refractivity contribution in [3.05, 3.63) is 0 Å². The summed E-state index contributed by atoms with van der Waals surface area (Å²) in [6, 6.07) is 0. The molecule has 0 amide bonds. The molecule has 54 valence electrons. The van der Waals surface area contributed by atoms with E-state index in [4.69, 9.17) is 10.2 Å². The molecule has 1 rings (SSSR count). The Morgan fingerprint density at radius 1 is 1.44 bits per heavy atom. The lowest BCUT2D eigenvalue weighted by molar-refractivity contribution is 0.174. The third kappa shape index (κ3) is 2.16. The minimum atomic E-state index is -0.127. The van der Waals surface area contributed by atoms with Crippen LogP contribution < -0.4 is 0 Å². The zero-order valence-corrected chi connectivity index (χ0v) is 6.10. The van der Waals surface area contributed by atoms with Crippen molar-refractivity contribution in [1.82, 2.24) is 0 Å². The molecule has 0 aliphatic carbocycles. The molecule has 0 saturated carbocycles. The third-order valence-electron chi connectivity index (χ3n) is 1.55. The molecule has 2 unspecified atom stereocenters. The summed E-state index contributed by atoms with van der Waals surface area (Å²) in [7, 11) is 0. The van der Waals surface area contributed by atoms with Gasteiger partial charge in [0.05, 0.1) is 12.7 Å². The molecule has 0 spiro atoms. The molecule has 1 aliphatic rings. The van der Waals surface area contributed by atoms with Crippen molar-refractivity contribution in [3.63, 3.8) is 0 Å². The fourth-order valence-corrected chi connectivity index (χ4v) is 2.01. The van der Waals surface area contributed by atoms with Gasteiger partial charge in [-0.25, -0.2) is 0 Å². The van der Waals surface area contributed by atoms with E-state index >= 15 is 0 Å². The number of hydrogen-bond acceptors (Lipinski definition) is 3. The molecule has 0 aromatic carbocycles. The van der Waals surface area contributed by atoms with Crippen LogP contribution >= 0.6 is 11.8 Å². The Hall–Kier alpha value is 0.270. The van der Waals surface area contributed by atoms with Crippen LogP contribution in [0, 0.1) is 0 Å². The minimum Gasteiger partial charge on any atom is -0.395 e. The van der Waals surface area contributed by atoms with Crippen LogP contribution in [0.2, 0.25) is 0 Å². The van der Waals surface area contributed by atoms with Crippen molar-refractivity contribution >= 4 is 11.8 Å². The predicted octanol–water partition coefficient (Wildman–Crippen LogP) is 0.235. The molecule has 0 radical (unpaired) electrons. The molecule has 9 heavy (non-hydrogen) atoms. The lowest BCUT2D eigenvalue weighted by Crippen LogP contribution is -2.23. The van der Waals surface area contributed by atoms with Crippen molar-refractivity contribution in [1.29, 1.82) is 0 Å². The third-order valence-corrected chi connectivity index (χ3v) is 2.98. The van der Waals surface area contributed by atoms with Gasteiger partial charge in [-0.1, -0.05) is 0 Å². The molecular weight excluding hydrogens is 136 g/mol. The van der Waals surface area contributed by atoms with Gasteiger partial charge in [0.25, 0.3) is 0 Å². The van der Waals surface area contributed by atoms with E-state index in [-0.39, 0.29) is 12.7 Å². The standard InChI is InChI=1S/C6H12O2S/c7-3-6-2-1-5(8)4-9-6/h5-8H,1-4H2. The second-order valence-corrected chi connectivity index (χ2v) is 3.70. The van der Waals surface area contributed by atoms with Crippen molar-refractivity contribution in [3.8, 4) is 0 Å². The average Bonchev–Trinajstić information content (AvgIpc) is 1.90. The number of rotatable bonds is 1. The molecule has 0 aromatic heterocycles. The highest BCUT2D eigenvalue weighted by Gasteiger charge is 2.18. The highest BCUT2D eigenvalue weighted by atomic mass is 32.2. The molecule has 0 aromatic rings. The minimum absolute atomic E-state index is 0.127. The molecule has 2 nitrogen and oxygen atoms in total.